The summed E-state index contributed by atoms with van der Waals surface area (Å²) < 4.78 is 14.1. The lowest BCUT2D eigenvalue weighted by molar-refractivity contribution is 0.630. The maximum absolute atomic E-state index is 13.2. The van der Waals surface area contributed by atoms with Crippen LogP contribution in [0.3, 0.4) is 0 Å². The largest absolute Gasteiger partial charge is 0.323 e. The molecule has 3 rings (SSSR count). The van der Waals surface area contributed by atoms with Gasteiger partial charge in [0.15, 0.2) is 0 Å². The molecule has 1 unspecified atom stereocenters. The van der Waals surface area contributed by atoms with Crippen LogP contribution in [-0.4, -0.2) is 0 Å². The van der Waals surface area contributed by atoms with Crippen molar-refractivity contribution in [3.8, 4) is 0 Å². The summed E-state index contributed by atoms with van der Waals surface area (Å²) in [7, 11) is 0. The van der Waals surface area contributed by atoms with E-state index in [4.69, 9.17) is 17.3 Å². The Balaban J connectivity index is 1.86. The molecule has 1 heterocycles. The highest BCUT2D eigenvalue weighted by atomic mass is 35.5. The summed E-state index contributed by atoms with van der Waals surface area (Å²) >= 11 is 7.52. The van der Waals surface area contributed by atoms with Gasteiger partial charge in [-0.2, -0.15) is 0 Å². The van der Waals surface area contributed by atoms with Crippen LogP contribution in [0.25, 0.3) is 10.1 Å². The summed E-state index contributed by atoms with van der Waals surface area (Å²) in [6.45, 7) is 0. The highest BCUT2D eigenvalue weighted by Gasteiger charge is 2.11. The third kappa shape index (κ3) is 2.85. The van der Waals surface area contributed by atoms with Crippen LogP contribution in [-0.2, 0) is 6.42 Å². The van der Waals surface area contributed by atoms with E-state index in [-0.39, 0.29) is 11.9 Å². The van der Waals surface area contributed by atoms with E-state index in [2.05, 4.69) is 0 Å². The van der Waals surface area contributed by atoms with Gasteiger partial charge in [-0.15, -0.1) is 11.3 Å². The molecule has 0 aliphatic heterocycles. The molecule has 102 valence electrons. The standard InChI is InChI=1S/C16H13ClFNS/c17-12-3-1-2-10(6-12)7-14(19)16-8-11-4-5-13(18)9-15(11)20-16/h1-6,8-9,14H,7,19H2. The fraction of sp³-hybridized carbons (Fsp3) is 0.125. The van der Waals surface area contributed by atoms with Gasteiger partial charge in [0.1, 0.15) is 5.82 Å². The maximum atomic E-state index is 13.2. The Kier molecular flexibility index (Phi) is 3.74. The van der Waals surface area contributed by atoms with E-state index in [9.17, 15) is 4.39 Å². The third-order valence-corrected chi connectivity index (χ3v) is 4.68. The molecule has 20 heavy (non-hydrogen) atoms. The van der Waals surface area contributed by atoms with Gasteiger partial charge >= 0.3 is 0 Å². The quantitative estimate of drug-likeness (QED) is 0.729. The van der Waals surface area contributed by atoms with E-state index < -0.39 is 0 Å². The lowest BCUT2D eigenvalue weighted by atomic mass is 10.1. The Labute approximate surface area is 125 Å². The molecule has 0 aliphatic rings. The van der Waals surface area contributed by atoms with Crippen LogP contribution in [0.15, 0.2) is 48.5 Å². The van der Waals surface area contributed by atoms with Crippen molar-refractivity contribution < 1.29 is 4.39 Å². The average molecular weight is 306 g/mol. The summed E-state index contributed by atoms with van der Waals surface area (Å²) in [5, 5.41) is 1.75. The van der Waals surface area contributed by atoms with Crippen molar-refractivity contribution in [1.82, 2.24) is 0 Å². The molecule has 3 aromatic rings. The molecule has 4 heteroatoms. The van der Waals surface area contributed by atoms with Crippen molar-refractivity contribution in [2.24, 2.45) is 5.73 Å². The van der Waals surface area contributed by atoms with Crippen molar-refractivity contribution in [3.63, 3.8) is 0 Å². The topological polar surface area (TPSA) is 26.0 Å². The van der Waals surface area contributed by atoms with E-state index in [1.165, 1.54) is 6.07 Å². The fourth-order valence-electron chi connectivity index (χ4n) is 2.23. The van der Waals surface area contributed by atoms with Crippen LogP contribution in [0.4, 0.5) is 4.39 Å². The predicted octanol–water partition coefficient (Wildman–Crippen LogP) is 4.94. The predicted molar refractivity (Wildman–Crippen MR) is 83.9 cm³/mol. The molecule has 0 saturated heterocycles. The number of hydrogen-bond acceptors (Lipinski definition) is 2. The summed E-state index contributed by atoms with van der Waals surface area (Å²) in [6.07, 6.45) is 0.718. The zero-order valence-corrected chi connectivity index (χ0v) is 12.2. The molecule has 1 aromatic heterocycles. The SMILES string of the molecule is NC(Cc1cccc(Cl)c1)c1cc2ccc(F)cc2s1. The monoisotopic (exact) mass is 305 g/mol. The minimum Gasteiger partial charge on any atom is -0.323 e. The summed E-state index contributed by atoms with van der Waals surface area (Å²) in [4.78, 5) is 1.06. The third-order valence-electron chi connectivity index (χ3n) is 3.21. The molecule has 0 amide bonds. The number of thiophene rings is 1. The van der Waals surface area contributed by atoms with Gasteiger partial charge in [0.25, 0.3) is 0 Å². The van der Waals surface area contributed by atoms with Crippen LogP contribution < -0.4 is 5.73 Å². The fourth-order valence-corrected chi connectivity index (χ4v) is 3.53. The van der Waals surface area contributed by atoms with E-state index in [1.807, 2.05) is 30.3 Å². The van der Waals surface area contributed by atoms with E-state index in [0.717, 1.165) is 26.9 Å². The molecule has 1 nitrogen and oxygen atoms in total. The highest BCUT2D eigenvalue weighted by molar-refractivity contribution is 7.19. The Morgan fingerprint density at radius 1 is 1.15 bits per heavy atom. The molecular weight excluding hydrogens is 293 g/mol. The van der Waals surface area contributed by atoms with Gasteiger partial charge in [-0.25, -0.2) is 4.39 Å². The highest BCUT2D eigenvalue weighted by Crippen LogP contribution is 2.31. The number of fused-ring (bicyclic) bond motifs is 1. The van der Waals surface area contributed by atoms with Gasteiger partial charge in [0.2, 0.25) is 0 Å². The summed E-state index contributed by atoms with van der Waals surface area (Å²) in [6, 6.07) is 14.5. The first-order chi connectivity index (χ1) is 9.61. The molecule has 2 aromatic carbocycles. The number of benzene rings is 2. The van der Waals surface area contributed by atoms with Crippen LogP contribution in [0, 0.1) is 5.82 Å². The zero-order valence-electron chi connectivity index (χ0n) is 10.6. The van der Waals surface area contributed by atoms with Crippen molar-refractivity contribution in [3.05, 3.63) is 69.8 Å². The van der Waals surface area contributed by atoms with Crippen molar-refractivity contribution in [2.45, 2.75) is 12.5 Å². The van der Waals surface area contributed by atoms with Gasteiger partial charge in [0.05, 0.1) is 0 Å². The Hall–Kier alpha value is -1.42. The van der Waals surface area contributed by atoms with Gasteiger partial charge in [-0.3, -0.25) is 0 Å². The van der Waals surface area contributed by atoms with Crippen LogP contribution in [0.1, 0.15) is 16.5 Å². The van der Waals surface area contributed by atoms with E-state index in [1.54, 1.807) is 23.5 Å². The molecule has 0 bridgehead atoms. The van der Waals surface area contributed by atoms with Crippen molar-refractivity contribution in [2.75, 3.05) is 0 Å². The number of rotatable bonds is 3. The van der Waals surface area contributed by atoms with Crippen LogP contribution in [0.5, 0.6) is 0 Å². The minimum absolute atomic E-state index is 0.103. The van der Waals surface area contributed by atoms with Crippen LogP contribution >= 0.6 is 22.9 Å². The van der Waals surface area contributed by atoms with Gasteiger partial charge in [-0.1, -0.05) is 29.8 Å². The first-order valence-corrected chi connectivity index (χ1v) is 7.50. The molecule has 1 atom stereocenters. The van der Waals surface area contributed by atoms with Crippen LogP contribution in [0.2, 0.25) is 5.02 Å². The second-order valence-corrected chi connectivity index (χ2v) is 6.32. The molecule has 0 spiro atoms. The number of halogens is 2. The smallest absolute Gasteiger partial charge is 0.124 e. The summed E-state index contributed by atoms with van der Waals surface area (Å²) in [5.74, 6) is -0.214. The lowest BCUT2D eigenvalue weighted by Gasteiger charge is -2.09. The molecule has 0 saturated carbocycles. The van der Waals surface area contributed by atoms with E-state index in [0.29, 0.717) is 5.02 Å². The van der Waals surface area contributed by atoms with E-state index >= 15 is 0 Å². The normalized spacial score (nSPS) is 12.8. The van der Waals surface area contributed by atoms with Crippen molar-refractivity contribution >= 4 is 33.0 Å². The summed E-state index contributed by atoms with van der Waals surface area (Å²) in [5.41, 5.74) is 7.36. The number of hydrogen-bond donors (Lipinski definition) is 1. The first-order valence-electron chi connectivity index (χ1n) is 6.31. The zero-order chi connectivity index (χ0) is 14.1. The van der Waals surface area contributed by atoms with Gasteiger partial charge in [-0.05, 0) is 47.7 Å². The molecule has 0 radical (unpaired) electrons. The Morgan fingerprint density at radius 2 is 2.00 bits per heavy atom. The Morgan fingerprint density at radius 3 is 2.80 bits per heavy atom. The Bertz CT molecular complexity index is 753. The molecule has 0 aliphatic carbocycles. The minimum atomic E-state index is -0.214. The van der Waals surface area contributed by atoms with Crippen molar-refractivity contribution in [1.29, 1.82) is 0 Å². The molecule has 0 fully saturated rings. The first kappa shape index (κ1) is 13.6. The maximum Gasteiger partial charge on any atom is 0.124 e. The second-order valence-electron chi connectivity index (χ2n) is 4.77. The lowest BCUT2D eigenvalue weighted by Crippen LogP contribution is -2.11. The molecule has 2 N–H and O–H groups in total. The second kappa shape index (κ2) is 5.52. The molecular formula is C16H13ClFNS. The van der Waals surface area contributed by atoms with Gasteiger partial charge in [0, 0.05) is 20.6 Å². The number of nitrogens with two attached hydrogens (primary N) is 1. The average Bonchev–Trinajstić information content (AvgIpc) is 2.81. The van der Waals surface area contributed by atoms with Gasteiger partial charge < -0.3 is 5.73 Å².